The Kier molecular flexibility index (Phi) is 6.11. The summed E-state index contributed by atoms with van der Waals surface area (Å²) in [6, 6.07) is 4.10. The van der Waals surface area contributed by atoms with E-state index in [0.29, 0.717) is 0 Å². The van der Waals surface area contributed by atoms with Gasteiger partial charge in [-0.05, 0) is 24.8 Å². The van der Waals surface area contributed by atoms with Crippen LogP contribution in [0.1, 0.15) is 23.7 Å². The molecule has 5 nitrogen and oxygen atoms in total. The molecular formula is C12H15ClN2O3S. The SMILES string of the molecule is CCC(CSC)NC(=O)c1ccc(Cl)c([N+](=O)[O-])c1. The van der Waals surface area contributed by atoms with E-state index in [4.69, 9.17) is 11.6 Å². The van der Waals surface area contributed by atoms with Crippen LogP contribution in [0.4, 0.5) is 5.69 Å². The number of carbonyl (C=O) groups excluding carboxylic acids is 1. The Labute approximate surface area is 120 Å². The van der Waals surface area contributed by atoms with Gasteiger partial charge in [0.15, 0.2) is 0 Å². The van der Waals surface area contributed by atoms with Crippen LogP contribution in [0.2, 0.25) is 5.02 Å². The third-order valence-corrected chi connectivity index (χ3v) is 3.66. The van der Waals surface area contributed by atoms with Crippen LogP contribution in [0.15, 0.2) is 18.2 Å². The molecule has 1 N–H and O–H groups in total. The molecule has 0 aliphatic carbocycles. The number of hydrogen-bond donors (Lipinski definition) is 1. The monoisotopic (exact) mass is 302 g/mol. The predicted octanol–water partition coefficient (Wildman–Crippen LogP) is 3.12. The Morgan fingerprint density at radius 3 is 2.79 bits per heavy atom. The minimum absolute atomic E-state index is 0.0257. The van der Waals surface area contributed by atoms with Gasteiger partial charge >= 0.3 is 0 Å². The lowest BCUT2D eigenvalue weighted by atomic mass is 10.1. The number of rotatable bonds is 6. The summed E-state index contributed by atoms with van der Waals surface area (Å²) in [5, 5.41) is 13.6. The van der Waals surface area contributed by atoms with Crippen LogP contribution in [0.5, 0.6) is 0 Å². The summed E-state index contributed by atoms with van der Waals surface area (Å²) in [5.74, 6) is 0.485. The van der Waals surface area contributed by atoms with E-state index in [1.54, 1.807) is 11.8 Å². The molecule has 7 heteroatoms. The van der Waals surface area contributed by atoms with E-state index < -0.39 is 4.92 Å². The summed E-state index contributed by atoms with van der Waals surface area (Å²) in [5.41, 5.74) is -0.0112. The second-order valence-corrected chi connectivity index (χ2v) is 5.28. The lowest BCUT2D eigenvalue weighted by Gasteiger charge is -2.15. The highest BCUT2D eigenvalue weighted by Gasteiger charge is 2.17. The van der Waals surface area contributed by atoms with Crippen LogP contribution in [0.3, 0.4) is 0 Å². The van der Waals surface area contributed by atoms with Gasteiger partial charge in [-0.1, -0.05) is 18.5 Å². The third kappa shape index (κ3) is 4.40. The number of thioether (sulfide) groups is 1. The van der Waals surface area contributed by atoms with Gasteiger partial charge < -0.3 is 5.32 Å². The smallest absolute Gasteiger partial charge is 0.288 e. The maximum atomic E-state index is 12.0. The lowest BCUT2D eigenvalue weighted by molar-refractivity contribution is -0.384. The largest absolute Gasteiger partial charge is 0.348 e. The Balaban J connectivity index is 2.88. The third-order valence-electron chi connectivity index (χ3n) is 2.60. The van der Waals surface area contributed by atoms with Crippen LogP contribution in [0.25, 0.3) is 0 Å². The number of benzene rings is 1. The summed E-state index contributed by atoms with van der Waals surface area (Å²) in [6.07, 6.45) is 2.77. The molecule has 0 fully saturated rings. The molecule has 1 atom stereocenters. The van der Waals surface area contributed by atoms with Gasteiger partial charge in [0.25, 0.3) is 11.6 Å². The molecule has 0 aliphatic heterocycles. The number of nitro benzene ring substituents is 1. The van der Waals surface area contributed by atoms with Crippen LogP contribution in [-0.4, -0.2) is 28.9 Å². The fourth-order valence-corrected chi connectivity index (χ4v) is 2.43. The van der Waals surface area contributed by atoms with Crippen molar-refractivity contribution in [2.24, 2.45) is 0 Å². The average Bonchev–Trinajstić information content (AvgIpc) is 2.38. The second-order valence-electron chi connectivity index (χ2n) is 3.96. The van der Waals surface area contributed by atoms with Crippen molar-refractivity contribution in [1.29, 1.82) is 0 Å². The van der Waals surface area contributed by atoms with Crippen molar-refractivity contribution in [2.45, 2.75) is 19.4 Å². The van der Waals surface area contributed by atoms with Crippen LogP contribution in [0, 0.1) is 10.1 Å². The molecule has 1 amide bonds. The molecule has 19 heavy (non-hydrogen) atoms. The fraction of sp³-hybridized carbons (Fsp3) is 0.417. The first-order valence-electron chi connectivity index (χ1n) is 5.73. The van der Waals surface area contributed by atoms with Gasteiger partial charge in [0.05, 0.1) is 4.92 Å². The maximum absolute atomic E-state index is 12.0. The molecule has 1 aromatic carbocycles. The van der Waals surface area contributed by atoms with Crippen LogP contribution in [-0.2, 0) is 0 Å². The Morgan fingerprint density at radius 2 is 2.26 bits per heavy atom. The first-order chi connectivity index (χ1) is 8.99. The Morgan fingerprint density at radius 1 is 1.58 bits per heavy atom. The summed E-state index contributed by atoms with van der Waals surface area (Å²) in [6.45, 7) is 1.98. The zero-order chi connectivity index (χ0) is 14.4. The number of amides is 1. The summed E-state index contributed by atoms with van der Waals surface area (Å²) >= 11 is 7.34. The van der Waals surface area contributed by atoms with Crippen molar-refractivity contribution >= 4 is 35.0 Å². The molecule has 1 unspecified atom stereocenters. The highest BCUT2D eigenvalue weighted by molar-refractivity contribution is 7.98. The molecule has 0 aliphatic rings. The molecule has 1 aromatic rings. The molecule has 0 aromatic heterocycles. The van der Waals surface area contributed by atoms with Gasteiger partial charge in [-0.15, -0.1) is 0 Å². The zero-order valence-electron chi connectivity index (χ0n) is 10.7. The maximum Gasteiger partial charge on any atom is 0.288 e. The number of nitro groups is 1. The number of hydrogen-bond acceptors (Lipinski definition) is 4. The van der Waals surface area contributed by atoms with E-state index >= 15 is 0 Å². The van der Waals surface area contributed by atoms with Crippen molar-refractivity contribution in [3.63, 3.8) is 0 Å². The van der Waals surface area contributed by atoms with Crippen LogP contribution < -0.4 is 5.32 Å². The van der Waals surface area contributed by atoms with Crippen molar-refractivity contribution in [3.8, 4) is 0 Å². The van der Waals surface area contributed by atoms with Gasteiger partial charge in [-0.2, -0.15) is 11.8 Å². The average molecular weight is 303 g/mol. The van der Waals surface area contributed by atoms with Gasteiger partial charge in [-0.25, -0.2) is 0 Å². The molecule has 0 bridgehead atoms. The van der Waals surface area contributed by atoms with Crippen molar-refractivity contribution in [2.75, 3.05) is 12.0 Å². The second kappa shape index (κ2) is 7.35. The topological polar surface area (TPSA) is 72.2 Å². The minimum Gasteiger partial charge on any atom is -0.348 e. The number of nitrogens with one attached hydrogen (secondary N) is 1. The van der Waals surface area contributed by atoms with E-state index in [-0.39, 0.29) is 28.2 Å². The Bertz CT molecular complexity index is 482. The van der Waals surface area contributed by atoms with Crippen molar-refractivity contribution in [3.05, 3.63) is 38.9 Å². The minimum atomic E-state index is -0.599. The normalized spacial score (nSPS) is 11.9. The number of halogens is 1. The van der Waals surface area contributed by atoms with Gasteiger partial charge in [0, 0.05) is 23.4 Å². The highest BCUT2D eigenvalue weighted by Crippen LogP contribution is 2.25. The molecule has 0 heterocycles. The van der Waals surface area contributed by atoms with Crippen molar-refractivity contribution < 1.29 is 9.72 Å². The van der Waals surface area contributed by atoms with E-state index in [9.17, 15) is 14.9 Å². The standard InChI is InChI=1S/C12H15ClN2O3S/c1-3-9(7-19-2)14-12(16)8-4-5-10(13)11(6-8)15(17)18/h4-6,9H,3,7H2,1-2H3,(H,14,16). The van der Waals surface area contributed by atoms with Gasteiger partial charge in [-0.3, -0.25) is 14.9 Å². The number of carbonyl (C=O) groups is 1. The molecule has 0 saturated carbocycles. The van der Waals surface area contributed by atoms with Gasteiger partial charge in [0.2, 0.25) is 0 Å². The van der Waals surface area contributed by atoms with Crippen LogP contribution >= 0.6 is 23.4 Å². The summed E-state index contributed by atoms with van der Waals surface area (Å²) in [7, 11) is 0. The molecule has 0 saturated heterocycles. The zero-order valence-corrected chi connectivity index (χ0v) is 12.3. The first kappa shape index (κ1) is 15.8. The summed E-state index contributed by atoms with van der Waals surface area (Å²) < 4.78 is 0. The van der Waals surface area contributed by atoms with E-state index in [1.807, 2.05) is 13.2 Å². The van der Waals surface area contributed by atoms with Gasteiger partial charge in [0.1, 0.15) is 5.02 Å². The fourth-order valence-electron chi connectivity index (χ4n) is 1.53. The van der Waals surface area contributed by atoms with E-state index in [0.717, 1.165) is 12.2 Å². The molecule has 104 valence electrons. The molecule has 1 rings (SSSR count). The molecule has 0 radical (unpaired) electrons. The predicted molar refractivity (Wildman–Crippen MR) is 78.0 cm³/mol. The molecule has 0 spiro atoms. The van der Waals surface area contributed by atoms with Crippen molar-refractivity contribution in [1.82, 2.24) is 5.32 Å². The van der Waals surface area contributed by atoms with E-state index in [1.165, 1.54) is 18.2 Å². The first-order valence-corrected chi connectivity index (χ1v) is 7.50. The highest BCUT2D eigenvalue weighted by atomic mass is 35.5. The lowest BCUT2D eigenvalue weighted by Crippen LogP contribution is -2.36. The quantitative estimate of drug-likeness (QED) is 0.647. The molecular weight excluding hydrogens is 288 g/mol. The Hall–Kier alpha value is -1.27. The number of nitrogens with zero attached hydrogens (tertiary/aromatic N) is 1. The van der Waals surface area contributed by atoms with E-state index in [2.05, 4.69) is 5.32 Å². The summed E-state index contributed by atoms with van der Waals surface area (Å²) in [4.78, 5) is 22.2.